The van der Waals surface area contributed by atoms with Crippen LogP contribution in [-0.4, -0.2) is 30.8 Å². The molecule has 0 radical (unpaired) electrons. The Hall–Kier alpha value is -0.930. The van der Waals surface area contributed by atoms with Gasteiger partial charge in [0.1, 0.15) is 0 Å². The molecule has 1 unspecified atom stereocenters. The fourth-order valence-electron chi connectivity index (χ4n) is 1.87. The zero-order valence-corrected chi connectivity index (χ0v) is 11.9. The zero-order valence-electron chi connectivity index (χ0n) is 11.9. The Balaban J connectivity index is 2.45. The lowest BCUT2D eigenvalue weighted by atomic mass is 10.1. The first-order valence-electron chi connectivity index (χ1n) is 6.99. The maximum atomic E-state index is 5.44. The van der Waals surface area contributed by atoms with E-state index < -0.39 is 0 Å². The molecule has 0 aromatic carbocycles. The lowest BCUT2D eigenvalue weighted by molar-refractivity contribution is 0.136. The van der Waals surface area contributed by atoms with E-state index in [9.17, 15) is 0 Å². The summed E-state index contributed by atoms with van der Waals surface area (Å²) in [6, 6.07) is 4.71. The van der Waals surface area contributed by atoms with Gasteiger partial charge in [-0.05, 0) is 44.9 Å². The molecule has 1 rings (SSSR count). The summed E-state index contributed by atoms with van der Waals surface area (Å²) in [4.78, 5) is 4.47. The van der Waals surface area contributed by atoms with Crippen LogP contribution in [0, 0.1) is 6.92 Å². The van der Waals surface area contributed by atoms with E-state index in [1.165, 1.54) is 5.56 Å². The monoisotopic (exact) mass is 250 g/mol. The first-order chi connectivity index (χ1) is 8.76. The summed E-state index contributed by atoms with van der Waals surface area (Å²) >= 11 is 0. The Morgan fingerprint density at radius 3 is 2.78 bits per heavy atom. The predicted octanol–water partition coefficient (Wildman–Crippen LogP) is 2.73. The van der Waals surface area contributed by atoms with Gasteiger partial charge in [-0.2, -0.15) is 0 Å². The van der Waals surface area contributed by atoms with Gasteiger partial charge in [0.15, 0.2) is 0 Å². The van der Waals surface area contributed by atoms with Crippen LogP contribution in [0.25, 0.3) is 0 Å². The molecule has 102 valence electrons. The van der Waals surface area contributed by atoms with Crippen molar-refractivity contribution in [3.8, 4) is 0 Å². The quantitative estimate of drug-likeness (QED) is 0.684. The molecule has 0 aliphatic heterocycles. The van der Waals surface area contributed by atoms with Gasteiger partial charge >= 0.3 is 0 Å². The molecule has 0 bridgehead atoms. The number of rotatable bonds is 9. The molecule has 0 aliphatic carbocycles. The SMILES string of the molecule is CCCNC(CCOCC)Cc1ccc(C)cn1. The lowest BCUT2D eigenvalue weighted by Crippen LogP contribution is -2.33. The highest BCUT2D eigenvalue weighted by Crippen LogP contribution is 2.05. The third kappa shape index (κ3) is 6.12. The van der Waals surface area contributed by atoms with Crippen LogP contribution < -0.4 is 5.32 Å². The first kappa shape index (κ1) is 15.1. The number of hydrogen-bond donors (Lipinski definition) is 1. The number of nitrogens with one attached hydrogen (secondary N) is 1. The van der Waals surface area contributed by atoms with Crippen molar-refractivity contribution in [3.63, 3.8) is 0 Å². The van der Waals surface area contributed by atoms with Gasteiger partial charge in [0.05, 0.1) is 0 Å². The summed E-state index contributed by atoms with van der Waals surface area (Å²) in [7, 11) is 0. The molecule has 1 heterocycles. The molecular weight excluding hydrogens is 224 g/mol. The second kappa shape index (κ2) is 9.06. The third-order valence-electron chi connectivity index (χ3n) is 2.93. The normalized spacial score (nSPS) is 12.6. The number of hydrogen-bond acceptors (Lipinski definition) is 3. The van der Waals surface area contributed by atoms with Gasteiger partial charge in [-0.15, -0.1) is 0 Å². The summed E-state index contributed by atoms with van der Waals surface area (Å²) in [6.45, 7) is 8.97. The van der Waals surface area contributed by atoms with Crippen LogP contribution in [0.3, 0.4) is 0 Å². The van der Waals surface area contributed by atoms with Crippen LogP contribution in [0.5, 0.6) is 0 Å². The van der Waals surface area contributed by atoms with Crippen LogP contribution >= 0.6 is 0 Å². The van der Waals surface area contributed by atoms with Gasteiger partial charge in [-0.25, -0.2) is 0 Å². The van der Waals surface area contributed by atoms with Crippen LogP contribution in [0.4, 0.5) is 0 Å². The van der Waals surface area contributed by atoms with Crippen molar-refractivity contribution in [2.75, 3.05) is 19.8 Å². The minimum atomic E-state index is 0.465. The maximum Gasteiger partial charge on any atom is 0.0480 e. The minimum absolute atomic E-state index is 0.465. The van der Waals surface area contributed by atoms with Crippen molar-refractivity contribution in [2.45, 2.75) is 46.1 Å². The molecule has 0 spiro atoms. The van der Waals surface area contributed by atoms with Crippen molar-refractivity contribution < 1.29 is 4.74 Å². The topological polar surface area (TPSA) is 34.1 Å². The molecule has 1 N–H and O–H groups in total. The fourth-order valence-corrected chi connectivity index (χ4v) is 1.87. The zero-order chi connectivity index (χ0) is 13.2. The fraction of sp³-hybridized carbons (Fsp3) is 0.667. The van der Waals surface area contributed by atoms with Crippen LogP contribution in [0.1, 0.15) is 37.9 Å². The van der Waals surface area contributed by atoms with E-state index in [4.69, 9.17) is 4.74 Å². The molecule has 1 aromatic heterocycles. The highest BCUT2D eigenvalue weighted by Gasteiger charge is 2.09. The van der Waals surface area contributed by atoms with E-state index in [-0.39, 0.29) is 0 Å². The summed E-state index contributed by atoms with van der Waals surface area (Å²) < 4.78 is 5.44. The largest absolute Gasteiger partial charge is 0.382 e. The summed E-state index contributed by atoms with van der Waals surface area (Å²) in [5.41, 5.74) is 2.37. The number of pyridine rings is 1. The van der Waals surface area contributed by atoms with E-state index >= 15 is 0 Å². The molecule has 0 saturated carbocycles. The van der Waals surface area contributed by atoms with Crippen molar-refractivity contribution in [1.82, 2.24) is 10.3 Å². The summed E-state index contributed by atoms with van der Waals surface area (Å²) in [6.07, 6.45) is 5.12. The standard InChI is InChI=1S/C15H26N2O/c1-4-9-16-15(8-10-18-5-2)11-14-7-6-13(3)12-17-14/h6-7,12,15-16H,4-5,8-11H2,1-3H3. The highest BCUT2D eigenvalue weighted by molar-refractivity contribution is 5.13. The highest BCUT2D eigenvalue weighted by atomic mass is 16.5. The Morgan fingerprint density at radius 2 is 2.17 bits per heavy atom. The van der Waals surface area contributed by atoms with Crippen LogP contribution in [0.2, 0.25) is 0 Å². The molecule has 1 atom stereocenters. The molecule has 0 saturated heterocycles. The van der Waals surface area contributed by atoms with Crippen molar-refractivity contribution >= 4 is 0 Å². The Morgan fingerprint density at radius 1 is 1.33 bits per heavy atom. The molecule has 0 aliphatic rings. The lowest BCUT2D eigenvalue weighted by Gasteiger charge is -2.18. The molecule has 3 nitrogen and oxygen atoms in total. The number of ether oxygens (including phenoxy) is 1. The second-order valence-electron chi connectivity index (χ2n) is 4.67. The Bertz CT molecular complexity index is 311. The van der Waals surface area contributed by atoms with Crippen molar-refractivity contribution in [2.24, 2.45) is 0 Å². The Kier molecular flexibility index (Phi) is 7.62. The van der Waals surface area contributed by atoms with Crippen LogP contribution in [-0.2, 0) is 11.2 Å². The smallest absolute Gasteiger partial charge is 0.0480 e. The van der Waals surface area contributed by atoms with Crippen LogP contribution in [0.15, 0.2) is 18.3 Å². The summed E-state index contributed by atoms with van der Waals surface area (Å²) in [5.74, 6) is 0. The molecule has 0 fully saturated rings. The number of aryl methyl sites for hydroxylation is 1. The van der Waals surface area contributed by atoms with E-state index in [1.54, 1.807) is 0 Å². The summed E-state index contributed by atoms with van der Waals surface area (Å²) in [5, 5.41) is 3.57. The van der Waals surface area contributed by atoms with Gasteiger partial charge in [-0.3, -0.25) is 4.98 Å². The number of nitrogens with zero attached hydrogens (tertiary/aromatic N) is 1. The molecule has 18 heavy (non-hydrogen) atoms. The van der Waals surface area contributed by atoms with E-state index in [2.05, 4.69) is 36.3 Å². The van der Waals surface area contributed by atoms with Gasteiger partial charge in [0.2, 0.25) is 0 Å². The van der Waals surface area contributed by atoms with Gasteiger partial charge in [-0.1, -0.05) is 13.0 Å². The predicted molar refractivity (Wildman–Crippen MR) is 75.9 cm³/mol. The van der Waals surface area contributed by atoms with Gasteiger partial charge in [0.25, 0.3) is 0 Å². The first-order valence-corrected chi connectivity index (χ1v) is 6.99. The van der Waals surface area contributed by atoms with E-state index in [1.807, 2.05) is 13.1 Å². The van der Waals surface area contributed by atoms with Gasteiger partial charge < -0.3 is 10.1 Å². The Labute approximate surface area is 111 Å². The average Bonchev–Trinajstić information content (AvgIpc) is 2.38. The molecule has 3 heteroatoms. The van der Waals surface area contributed by atoms with Crippen molar-refractivity contribution in [1.29, 1.82) is 0 Å². The molecule has 1 aromatic rings. The maximum absolute atomic E-state index is 5.44. The van der Waals surface area contributed by atoms with Gasteiger partial charge in [0, 0.05) is 37.6 Å². The average molecular weight is 250 g/mol. The third-order valence-corrected chi connectivity index (χ3v) is 2.93. The van der Waals surface area contributed by atoms with E-state index in [0.717, 1.165) is 44.7 Å². The molecule has 0 amide bonds. The molecular formula is C15H26N2O. The minimum Gasteiger partial charge on any atom is -0.382 e. The van der Waals surface area contributed by atoms with Crippen molar-refractivity contribution in [3.05, 3.63) is 29.6 Å². The number of aromatic nitrogens is 1. The van der Waals surface area contributed by atoms with E-state index in [0.29, 0.717) is 6.04 Å². The second-order valence-corrected chi connectivity index (χ2v) is 4.67.